The molecule has 4 rings (SSSR count). The SMILES string of the molecule is O=C(O)CONC(=O)CC1CCC(CNC(=O)OCC2c3ccccc3-c3ccccc32)C1. The van der Waals surface area contributed by atoms with Gasteiger partial charge in [0, 0.05) is 18.9 Å². The zero-order valence-corrected chi connectivity index (χ0v) is 18.3. The Balaban J connectivity index is 1.20. The van der Waals surface area contributed by atoms with Gasteiger partial charge in [0.05, 0.1) is 0 Å². The highest BCUT2D eigenvalue weighted by molar-refractivity contribution is 5.79. The molecule has 0 spiro atoms. The molecular weight excluding hydrogens is 424 g/mol. The molecule has 0 aromatic heterocycles. The van der Waals surface area contributed by atoms with Crippen molar-refractivity contribution in [3.05, 3.63) is 59.7 Å². The van der Waals surface area contributed by atoms with Crippen molar-refractivity contribution in [2.75, 3.05) is 19.8 Å². The average Bonchev–Trinajstić information content (AvgIpc) is 3.38. The van der Waals surface area contributed by atoms with Crippen molar-refractivity contribution in [2.24, 2.45) is 11.8 Å². The number of nitrogens with one attached hydrogen (secondary N) is 2. The number of ether oxygens (including phenoxy) is 1. The molecule has 2 unspecified atom stereocenters. The van der Waals surface area contributed by atoms with Gasteiger partial charge < -0.3 is 15.2 Å². The van der Waals surface area contributed by atoms with Crippen LogP contribution in [0.1, 0.15) is 42.7 Å². The third kappa shape index (κ3) is 5.70. The predicted molar refractivity (Wildman–Crippen MR) is 120 cm³/mol. The molecule has 174 valence electrons. The van der Waals surface area contributed by atoms with Gasteiger partial charge in [0.2, 0.25) is 5.91 Å². The molecule has 0 bridgehead atoms. The Morgan fingerprint density at radius 2 is 1.58 bits per heavy atom. The van der Waals surface area contributed by atoms with Gasteiger partial charge in [0.15, 0.2) is 6.61 Å². The van der Waals surface area contributed by atoms with Crippen LogP contribution in [0.4, 0.5) is 4.79 Å². The molecule has 8 nitrogen and oxygen atoms in total. The average molecular weight is 453 g/mol. The van der Waals surface area contributed by atoms with Crippen LogP contribution in [0.25, 0.3) is 11.1 Å². The first-order valence-corrected chi connectivity index (χ1v) is 11.2. The molecule has 0 aliphatic heterocycles. The maximum absolute atomic E-state index is 12.4. The van der Waals surface area contributed by atoms with E-state index in [-0.39, 0.29) is 36.7 Å². The molecule has 33 heavy (non-hydrogen) atoms. The maximum atomic E-state index is 12.4. The summed E-state index contributed by atoms with van der Waals surface area (Å²) in [5.41, 5.74) is 6.89. The lowest BCUT2D eigenvalue weighted by molar-refractivity contribution is -0.149. The molecular formula is C25H28N2O6. The van der Waals surface area contributed by atoms with E-state index in [2.05, 4.69) is 39.9 Å². The lowest BCUT2D eigenvalue weighted by atomic mass is 9.98. The minimum absolute atomic E-state index is 0.0286. The fourth-order valence-corrected chi connectivity index (χ4v) is 4.91. The molecule has 2 aromatic carbocycles. The number of carbonyl (C=O) groups excluding carboxylic acids is 2. The molecule has 0 saturated heterocycles. The van der Waals surface area contributed by atoms with Crippen LogP contribution in [-0.2, 0) is 19.2 Å². The van der Waals surface area contributed by atoms with Gasteiger partial charge in [0.25, 0.3) is 0 Å². The number of carboxylic acids is 1. The summed E-state index contributed by atoms with van der Waals surface area (Å²) in [5.74, 6) is -0.973. The first kappa shape index (κ1) is 22.8. The quantitative estimate of drug-likeness (QED) is 0.502. The Morgan fingerprint density at radius 1 is 0.939 bits per heavy atom. The van der Waals surface area contributed by atoms with Crippen molar-refractivity contribution in [2.45, 2.75) is 31.6 Å². The number of aliphatic carboxylic acids is 1. The molecule has 2 aliphatic carbocycles. The molecule has 3 N–H and O–H groups in total. The van der Waals surface area contributed by atoms with E-state index in [4.69, 9.17) is 9.84 Å². The van der Waals surface area contributed by atoms with Gasteiger partial charge in [-0.15, -0.1) is 0 Å². The zero-order valence-electron chi connectivity index (χ0n) is 18.3. The third-order valence-corrected chi connectivity index (χ3v) is 6.38. The second kappa shape index (κ2) is 10.5. The van der Waals surface area contributed by atoms with E-state index in [1.807, 2.05) is 24.3 Å². The molecule has 2 aromatic rings. The van der Waals surface area contributed by atoms with Crippen LogP contribution in [0.2, 0.25) is 0 Å². The number of hydrogen-bond donors (Lipinski definition) is 3. The van der Waals surface area contributed by atoms with Crippen LogP contribution in [0.5, 0.6) is 0 Å². The highest BCUT2D eigenvalue weighted by Gasteiger charge is 2.30. The first-order valence-electron chi connectivity index (χ1n) is 11.2. The van der Waals surface area contributed by atoms with Gasteiger partial charge in [0.1, 0.15) is 6.61 Å². The van der Waals surface area contributed by atoms with E-state index in [1.165, 1.54) is 22.3 Å². The largest absolute Gasteiger partial charge is 0.479 e. The van der Waals surface area contributed by atoms with Crippen molar-refractivity contribution >= 4 is 18.0 Å². The van der Waals surface area contributed by atoms with Gasteiger partial charge in [-0.25, -0.2) is 15.1 Å². The molecule has 1 fully saturated rings. The number of benzene rings is 2. The normalized spacial score (nSPS) is 18.9. The molecule has 0 heterocycles. The van der Waals surface area contributed by atoms with Gasteiger partial charge in [-0.2, -0.15) is 0 Å². The topological polar surface area (TPSA) is 114 Å². The van der Waals surface area contributed by atoms with E-state index in [0.717, 1.165) is 19.3 Å². The van der Waals surface area contributed by atoms with E-state index >= 15 is 0 Å². The van der Waals surface area contributed by atoms with Crippen molar-refractivity contribution < 1.29 is 29.1 Å². The first-order chi connectivity index (χ1) is 16.0. The highest BCUT2D eigenvalue weighted by atomic mass is 16.7. The van der Waals surface area contributed by atoms with E-state index < -0.39 is 18.7 Å². The number of fused-ring (bicyclic) bond motifs is 3. The Bertz CT molecular complexity index is 978. The lowest BCUT2D eigenvalue weighted by Gasteiger charge is -2.16. The van der Waals surface area contributed by atoms with Crippen LogP contribution in [0.15, 0.2) is 48.5 Å². The predicted octanol–water partition coefficient (Wildman–Crippen LogP) is 3.46. The number of hydrogen-bond acceptors (Lipinski definition) is 5. The number of carboxylic acid groups (broad SMARTS) is 1. The Morgan fingerprint density at radius 3 is 2.24 bits per heavy atom. The summed E-state index contributed by atoms with van der Waals surface area (Å²) in [6, 6.07) is 16.4. The Labute approximate surface area is 192 Å². The van der Waals surface area contributed by atoms with E-state index in [0.29, 0.717) is 6.54 Å². The number of hydroxylamine groups is 1. The monoisotopic (exact) mass is 452 g/mol. The summed E-state index contributed by atoms with van der Waals surface area (Å²) in [5, 5.41) is 11.4. The lowest BCUT2D eigenvalue weighted by Crippen LogP contribution is -2.30. The Hall–Kier alpha value is -3.39. The fraction of sp³-hybridized carbons (Fsp3) is 0.400. The standard InChI is InChI=1S/C25H28N2O6/c28-23(27-33-15-24(29)30)12-16-9-10-17(11-16)13-26-25(31)32-14-22-20-7-3-1-5-18(20)19-6-2-4-8-21(19)22/h1-8,16-17,22H,9-15H2,(H,26,31)(H,27,28)(H,29,30). The molecule has 2 aliphatic rings. The van der Waals surface area contributed by atoms with Crippen molar-refractivity contribution in [3.8, 4) is 11.1 Å². The molecule has 2 amide bonds. The van der Waals surface area contributed by atoms with E-state index in [9.17, 15) is 14.4 Å². The van der Waals surface area contributed by atoms with E-state index in [1.54, 1.807) is 0 Å². The minimum Gasteiger partial charge on any atom is -0.479 e. The minimum atomic E-state index is -1.14. The number of carbonyl (C=O) groups is 3. The second-order valence-electron chi connectivity index (χ2n) is 8.66. The van der Waals surface area contributed by atoms with Crippen LogP contribution in [0, 0.1) is 11.8 Å². The van der Waals surface area contributed by atoms with Crippen LogP contribution >= 0.6 is 0 Å². The smallest absolute Gasteiger partial charge is 0.407 e. The number of alkyl carbamates (subject to hydrolysis) is 1. The summed E-state index contributed by atoms with van der Waals surface area (Å²) in [6.07, 6.45) is 2.46. The van der Waals surface area contributed by atoms with Crippen molar-refractivity contribution in [1.82, 2.24) is 10.8 Å². The van der Waals surface area contributed by atoms with Gasteiger partial charge in [-0.1, -0.05) is 48.5 Å². The maximum Gasteiger partial charge on any atom is 0.407 e. The van der Waals surface area contributed by atoms with Gasteiger partial charge in [-0.3, -0.25) is 9.63 Å². The van der Waals surface area contributed by atoms with Crippen LogP contribution < -0.4 is 10.8 Å². The zero-order chi connectivity index (χ0) is 23.2. The summed E-state index contributed by atoms with van der Waals surface area (Å²) in [7, 11) is 0. The Kier molecular flexibility index (Phi) is 7.24. The second-order valence-corrected chi connectivity index (χ2v) is 8.66. The summed E-state index contributed by atoms with van der Waals surface area (Å²) in [6.45, 7) is 0.219. The molecule has 8 heteroatoms. The number of rotatable bonds is 9. The molecule has 2 atom stereocenters. The van der Waals surface area contributed by atoms with Crippen molar-refractivity contribution in [3.63, 3.8) is 0 Å². The molecule has 1 saturated carbocycles. The fourth-order valence-electron chi connectivity index (χ4n) is 4.91. The van der Waals surface area contributed by atoms with Gasteiger partial charge in [-0.05, 0) is 53.4 Å². The summed E-state index contributed by atoms with van der Waals surface area (Å²) < 4.78 is 5.58. The van der Waals surface area contributed by atoms with Gasteiger partial charge >= 0.3 is 12.1 Å². The van der Waals surface area contributed by atoms with Crippen LogP contribution in [-0.4, -0.2) is 42.8 Å². The number of amides is 2. The summed E-state index contributed by atoms with van der Waals surface area (Å²) >= 11 is 0. The molecule has 0 radical (unpaired) electrons. The van der Waals surface area contributed by atoms with Crippen LogP contribution in [0.3, 0.4) is 0 Å². The summed E-state index contributed by atoms with van der Waals surface area (Å²) in [4.78, 5) is 39.2. The highest BCUT2D eigenvalue weighted by Crippen LogP contribution is 2.44. The third-order valence-electron chi connectivity index (χ3n) is 6.38. The van der Waals surface area contributed by atoms with Crippen molar-refractivity contribution in [1.29, 1.82) is 0 Å².